The quantitative estimate of drug-likeness (QED) is 0.484. The van der Waals surface area contributed by atoms with Crippen LogP contribution in [0, 0.1) is 11.8 Å². The Labute approximate surface area is 92.4 Å². The molecule has 0 spiro atoms. The van der Waals surface area contributed by atoms with Crippen LogP contribution in [0.1, 0.15) is 0 Å². The van der Waals surface area contributed by atoms with Crippen LogP contribution in [-0.4, -0.2) is 50.7 Å². The highest BCUT2D eigenvalue weighted by molar-refractivity contribution is 5.33. The van der Waals surface area contributed by atoms with Gasteiger partial charge in [-0.25, -0.2) is 19.6 Å². The van der Waals surface area contributed by atoms with Crippen molar-refractivity contribution in [3.8, 4) is 0 Å². The number of hydrogen-bond donors (Lipinski definition) is 0. The number of ether oxygens (including phenoxy) is 2. The third kappa shape index (κ3) is 2.10. The summed E-state index contributed by atoms with van der Waals surface area (Å²) in [7, 11) is 0. The fraction of sp³-hybridized carbons (Fsp3) is 0.800. The third-order valence-corrected chi connectivity index (χ3v) is 3.04. The van der Waals surface area contributed by atoms with Gasteiger partial charge < -0.3 is 9.47 Å². The molecule has 6 nitrogen and oxygen atoms in total. The predicted octanol–water partition coefficient (Wildman–Crippen LogP) is -0.312. The van der Waals surface area contributed by atoms with Crippen LogP contribution in [0.3, 0.4) is 0 Å². The lowest BCUT2D eigenvalue weighted by molar-refractivity contribution is 0.0615. The van der Waals surface area contributed by atoms with Crippen LogP contribution in [0.25, 0.3) is 0 Å². The number of carbonyl (C=O) groups excluding carboxylic acids is 2. The van der Waals surface area contributed by atoms with Crippen LogP contribution in [0.4, 0.5) is 0 Å². The van der Waals surface area contributed by atoms with E-state index in [1.54, 1.807) is 0 Å². The maximum absolute atomic E-state index is 10.0. The molecule has 0 N–H and O–H groups in total. The molecule has 86 valence electrons. The first-order valence-corrected chi connectivity index (χ1v) is 5.17. The fourth-order valence-corrected chi connectivity index (χ4v) is 2.28. The Hall–Kier alpha value is -1.32. The zero-order valence-corrected chi connectivity index (χ0v) is 8.67. The van der Waals surface area contributed by atoms with Crippen molar-refractivity contribution in [3.05, 3.63) is 0 Å². The lowest BCUT2D eigenvalue weighted by atomic mass is 9.96. The minimum atomic E-state index is -0.0380. The molecule has 2 saturated heterocycles. The van der Waals surface area contributed by atoms with Gasteiger partial charge in [0.2, 0.25) is 12.2 Å². The van der Waals surface area contributed by atoms with E-state index in [1.165, 1.54) is 12.2 Å². The normalized spacial score (nSPS) is 36.2. The number of aliphatic imine (C=N–C) groups is 2. The van der Waals surface area contributed by atoms with Gasteiger partial charge in [-0.2, -0.15) is 0 Å². The molecule has 2 heterocycles. The second-order valence-corrected chi connectivity index (χ2v) is 3.98. The second kappa shape index (κ2) is 5.14. The van der Waals surface area contributed by atoms with Gasteiger partial charge in [0.25, 0.3) is 0 Å². The van der Waals surface area contributed by atoms with Gasteiger partial charge in [-0.3, -0.25) is 0 Å². The van der Waals surface area contributed by atoms with E-state index in [1.807, 2.05) is 0 Å². The van der Waals surface area contributed by atoms with Crippen molar-refractivity contribution >= 4 is 12.2 Å². The molecule has 4 atom stereocenters. The number of rotatable bonds is 4. The highest BCUT2D eigenvalue weighted by Gasteiger charge is 2.47. The first-order valence-electron chi connectivity index (χ1n) is 5.17. The van der Waals surface area contributed by atoms with Crippen molar-refractivity contribution in [1.29, 1.82) is 0 Å². The minimum Gasteiger partial charge on any atom is -0.375 e. The van der Waals surface area contributed by atoms with E-state index in [4.69, 9.17) is 9.47 Å². The van der Waals surface area contributed by atoms with E-state index in [9.17, 15) is 9.59 Å². The van der Waals surface area contributed by atoms with Crippen LogP contribution >= 0.6 is 0 Å². The molecular formula is C10H12N2O4. The molecule has 2 rings (SSSR count). The van der Waals surface area contributed by atoms with Gasteiger partial charge in [-0.15, -0.1) is 0 Å². The summed E-state index contributed by atoms with van der Waals surface area (Å²) in [6.45, 7) is 1.83. The van der Waals surface area contributed by atoms with Crippen LogP contribution in [0.2, 0.25) is 0 Å². The SMILES string of the molecule is O=C=NC[C@H]1CO[C@@H]2[C@@H](CN=C=O)CO[C@H]12. The van der Waals surface area contributed by atoms with E-state index in [0.29, 0.717) is 26.3 Å². The third-order valence-electron chi connectivity index (χ3n) is 3.04. The molecular weight excluding hydrogens is 212 g/mol. The largest absolute Gasteiger partial charge is 0.375 e. The van der Waals surface area contributed by atoms with Gasteiger partial charge in [-0.1, -0.05) is 0 Å². The van der Waals surface area contributed by atoms with E-state index in [2.05, 4.69) is 9.98 Å². The van der Waals surface area contributed by atoms with Gasteiger partial charge in [0.15, 0.2) is 0 Å². The Morgan fingerprint density at radius 2 is 1.38 bits per heavy atom. The lowest BCUT2D eigenvalue weighted by Crippen LogP contribution is -2.28. The molecule has 6 heteroatoms. The molecule has 0 aromatic heterocycles. The molecule has 0 saturated carbocycles. The molecule has 0 bridgehead atoms. The number of isocyanates is 2. The highest BCUT2D eigenvalue weighted by Crippen LogP contribution is 2.34. The van der Waals surface area contributed by atoms with Crippen molar-refractivity contribution in [1.82, 2.24) is 0 Å². The fourth-order valence-electron chi connectivity index (χ4n) is 2.28. The van der Waals surface area contributed by atoms with Gasteiger partial charge in [0, 0.05) is 11.8 Å². The molecule has 0 unspecified atom stereocenters. The first kappa shape index (κ1) is 11.2. The van der Waals surface area contributed by atoms with Gasteiger partial charge in [0.05, 0.1) is 38.5 Å². The maximum Gasteiger partial charge on any atom is 0.234 e. The molecule has 0 radical (unpaired) electrons. The Morgan fingerprint density at radius 3 is 1.75 bits per heavy atom. The monoisotopic (exact) mass is 224 g/mol. The van der Waals surface area contributed by atoms with Gasteiger partial charge in [-0.05, 0) is 0 Å². The standard InChI is InChI=1S/C10H12N2O4/c13-5-11-1-7-3-15-10-8(2-12-6-14)4-16-9(7)10/h7-10H,1-4H2/t7-,8-,9+,10+/m0/s1. The second-order valence-electron chi connectivity index (χ2n) is 3.98. The average Bonchev–Trinajstić information content (AvgIpc) is 2.86. The van der Waals surface area contributed by atoms with E-state index in [0.717, 1.165) is 0 Å². The molecule has 2 aliphatic rings. The summed E-state index contributed by atoms with van der Waals surface area (Å²) < 4.78 is 11.2. The topological polar surface area (TPSA) is 77.3 Å². The molecule has 16 heavy (non-hydrogen) atoms. The molecule has 0 aromatic carbocycles. The number of fused-ring (bicyclic) bond motifs is 1. The van der Waals surface area contributed by atoms with Crippen molar-refractivity contribution in [2.75, 3.05) is 26.3 Å². The molecule has 2 aliphatic heterocycles. The van der Waals surface area contributed by atoms with Gasteiger partial charge >= 0.3 is 0 Å². The summed E-state index contributed by atoms with van der Waals surface area (Å²) >= 11 is 0. The number of hydrogen-bond acceptors (Lipinski definition) is 6. The van der Waals surface area contributed by atoms with Crippen molar-refractivity contribution < 1.29 is 19.1 Å². The summed E-state index contributed by atoms with van der Waals surface area (Å²) in [5, 5.41) is 0. The minimum absolute atomic E-state index is 0.0380. The average molecular weight is 224 g/mol. The van der Waals surface area contributed by atoms with Crippen molar-refractivity contribution in [2.24, 2.45) is 21.8 Å². The van der Waals surface area contributed by atoms with Crippen molar-refractivity contribution in [2.45, 2.75) is 12.2 Å². The van der Waals surface area contributed by atoms with Crippen LogP contribution in [0.15, 0.2) is 9.98 Å². The van der Waals surface area contributed by atoms with E-state index in [-0.39, 0.29) is 24.0 Å². The molecule has 2 fully saturated rings. The van der Waals surface area contributed by atoms with Crippen LogP contribution in [0.5, 0.6) is 0 Å². The Morgan fingerprint density at radius 1 is 0.938 bits per heavy atom. The zero-order valence-electron chi connectivity index (χ0n) is 8.67. The predicted molar refractivity (Wildman–Crippen MR) is 52.4 cm³/mol. The Balaban J connectivity index is 1.94. The summed E-state index contributed by atoms with van der Waals surface area (Å²) in [5.41, 5.74) is 0. The smallest absolute Gasteiger partial charge is 0.234 e. The van der Waals surface area contributed by atoms with Gasteiger partial charge in [0.1, 0.15) is 0 Å². The Kier molecular flexibility index (Phi) is 3.59. The first-order chi connectivity index (χ1) is 7.86. The molecule has 0 amide bonds. The summed E-state index contributed by atoms with van der Waals surface area (Å²) in [4.78, 5) is 27.2. The highest BCUT2D eigenvalue weighted by atomic mass is 16.6. The lowest BCUT2D eigenvalue weighted by Gasteiger charge is -2.13. The molecule has 0 aromatic rings. The van der Waals surface area contributed by atoms with Crippen LogP contribution < -0.4 is 0 Å². The zero-order chi connectivity index (χ0) is 11.4. The summed E-state index contributed by atoms with van der Waals surface area (Å²) in [6.07, 6.45) is 2.95. The summed E-state index contributed by atoms with van der Waals surface area (Å²) in [5.74, 6) is 0.216. The van der Waals surface area contributed by atoms with E-state index >= 15 is 0 Å². The number of nitrogens with zero attached hydrogens (tertiary/aromatic N) is 2. The Bertz CT molecular complexity index is 313. The van der Waals surface area contributed by atoms with Crippen molar-refractivity contribution in [3.63, 3.8) is 0 Å². The molecule has 0 aliphatic carbocycles. The summed E-state index contributed by atoms with van der Waals surface area (Å²) in [6, 6.07) is 0. The van der Waals surface area contributed by atoms with E-state index < -0.39 is 0 Å². The maximum atomic E-state index is 10.0. The van der Waals surface area contributed by atoms with Crippen LogP contribution in [-0.2, 0) is 19.1 Å².